The Morgan fingerprint density at radius 3 is 1.04 bits per heavy atom. The second-order valence-corrected chi connectivity index (χ2v) is 12.9. The molecule has 10 aromatic rings. The van der Waals surface area contributed by atoms with Gasteiger partial charge in [0.1, 0.15) is 0 Å². The highest BCUT2D eigenvalue weighted by atomic mass is 15.0. The maximum Gasteiger partial charge on any atom is 0.0547 e. The van der Waals surface area contributed by atoms with E-state index in [-0.39, 0.29) is 0 Å². The van der Waals surface area contributed by atoms with Crippen molar-refractivity contribution in [2.75, 3.05) is 0 Å². The Labute approximate surface area is 290 Å². The van der Waals surface area contributed by atoms with Gasteiger partial charge in [0.25, 0.3) is 0 Å². The molecule has 2 heteroatoms. The summed E-state index contributed by atoms with van der Waals surface area (Å²) < 4.78 is 4.81. The van der Waals surface area contributed by atoms with Gasteiger partial charge in [-0.25, -0.2) is 0 Å². The van der Waals surface area contributed by atoms with Crippen molar-refractivity contribution in [1.29, 1.82) is 0 Å². The lowest BCUT2D eigenvalue weighted by Crippen LogP contribution is -1.93. The minimum Gasteiger partial charge on any atom is -0.309 e. The molecule has 2 nitrogen and oxygen atoms in total. The van der Waals surface area contributed by atoms with Crippen LogP contribution in [-0.4, -0.2) is 9.13 Å². The monoisotopic (exact) mass is 636 g/mol. The van der Waals surface area contributed by atoms with E-state index in [4.69, 9.17) is 0 Å². The smallest absolute Gasteiger partial charge is 0.0547 e. The first kappa shape index (κ1) is 28.4. The number of para-hydroxylation sites is 2. The van der Waals surface area contributed by atoms with Crippen LogP contribution in [0.4, 0.5) is 0 Å². The largest absolute Gasteiger partial charge is 0.309 e. The molecule has 2 heterocycles. The molecule has 0 atom stereocenters. The summed E-state index contributed by atoms with van der Waals surface area (Å²) in [5.74, 6) is 0. The third kappa shape index (κ3) is 4.43. The number of hydrogen-bond donors (Lipinski definition) is 0. The van der Waals surface area contributed by atoms with E-state index >= 15 is 0 Å². The minimum absolute atomic E-state index is 1.16. The fourth-order valence-electron chi connectivity index (χ4n) is 7.93. The first-order chi connectivity index (χ1) is 24.8. The summed E-state index contributed by atoms with van der Waals surface area (Å²) in [4.78, 5) is 0. The number of nitrogens with zero attached hydrogens (tertiary/aromatic N) is 2. The maximum atomic E-state index is 2.41. The lowest BCUT2D eigenvalue weighted by atomic mass is 9.96. The number of benzene rings is 8. The average Bonchev–Trinajstić information content (AvgIpc) is 3.71. The number of aromatic nitrogens is 2. The SMILES string of the molecule is c1ccc(-c2cccc3c2c2cc(-c4ccc5c(c4)c4c(-c6ccccc6)cccc4n5-c4ccccc4)ccc2n3-c2ccccc2)cc1. The zero-order valence-electron chi connectivity index (χ0n) is 27.4. The van der Waals surface area contributed by atoms with E-state index in [2.05, 4.69) is 203 Å². The van der Waals surface area contributed by atoms with Crippen molar-refractivity contribution in [2.24, 2.45) is 0 Å². The second kappa shape index (κ2) is 11.5. The molecule has 0 unspecified atom stereocenters. The van der Waals surface area contributed by atoms with Crippen LogP contribution in [0.2, 0.25) is 0 Å². The van der Waals surface area contributed by atoms with Gasteiger partial charge in [-0.1, -0.05) is 133 Å². The lowest BCUT2D eigenvalue weighted by Gasteiger charge is -2.09. The van der Waals surface area contributed by atoms with Gasteiger partial charge in [0, 0.05) is 32.9 Å². The molecule has 234 valence electrons. The summed E-state index contributed by atoms with van der Waals surface area (Å²) >= 11 is 0. The Bertz CT molecular complexity index is 2630. The summed E-state index contributed by atoms with van der Waals surface area (Å²) in [6.07, 6.45) is 0. The molecule has 10 rings (SSSR count). The third-order valence-corrected chi connectivity index (χ3v) is 10.1. The maximum absolute atomic E-state index is 2.41. The second-order valence-electron chi connectivity index (χ2n) is 12.9. The molecule has 0 aliphatic rings. The molecule has 50 heavy (non-hydrogen) atoms. The van der Waals surface area contributed by atoms with Crippen LogP contribution in [0.5, 0.6) is 0 Å². The predicted octanol–water partition coefficient (Wildman–Crippen LogP) is 12.9. The highest BCUT2D eigenvalue weighted by Gasteiger charge is 2.19. The van der Waals surface area contributed by atoms with Crippen molar-refractivity contribution in [3.8, 4) is 44.8 Å². The molecule has 0 bridgehead atoms. The van der Waals surface area contributed by atoms with Crippen LogP contribution in [0.1, 0.15) is 0 Å². The molecule has 0 radical (unpaired) electrons. The average molecular weight is 637 g/mol. The van der Waals surface area contributed by atoms with Gasteiger partial charge >= 0.3 is 0 Å². The van der Waals surface area contributed by atoms with Gasteiger partial charge < -0.3 is 9.13 Å². The van der Waals surface area contributed by atoms with E-state index in [1.165, 1.54) is 77.0 Å². The van der Waals surface area contributed by atoms with Gasteiger partial charge in [0.15, 0.2) is 0 Å². The molecule has 0 amide bonds. The van der Waals surface area contributed by atoms with Crippen LogP contribution < -0.4 is 0 Å². The molecular weight excluding hydrogens is 605 g/mol. The van der Waals surface area contributed by atoms with Crippen molar-refractivity contribution in [1.82, 2.24) is 9.13 Å². The molecule has 0 spiro atoms. The molecule has 0 fully saturated rings. The van der Waals surface area contributed by atoms with E-state index in [1.54, 1.807) is 0 Å². The topological polar surface area (TPSA) is 9.86 Å². The molecule has 0 N–H and O–H groups in total. The van der Waals surface area contributed by atoms with Gasteiger partial charge in [0.2, 0.25) is 0 Å². The zero-order valence-corrected chi connectivity index (χ0v) is 27.4. The van der Waals surface area contributed by atoms with E-state index in [0.717, 1.165) is 11.4 Å². The van der Waals surface area contributed by atoms with Gasteiger partial charge in [-0.15, -0.1) is 0 Å². The van der Waals surface area contributed by atoms with Crippen LogP contribution in [0.15, 0.2) is 194 Å². The predicted molar refractivity (Wildman–Crippen MR) is 211 cm³/mol. The summed E-state index contributed by atoms with van der Waals surface area (Å²) in [5, 5.41) is 5.04. The lowest BCUT2D eigenvalue weighted by molar-refractivity contribution is 1.18. The van der Waals surface area contributed by atoms with Crippen molar-refractivity contribution in [3.05, 3.63) is 194 Å². The summed E-state index contributed by atoms with van der Waals surface area (Å²) in [6, 6.07) is 70.3. The van der Waals surface area contributed by atoms with Crippen molar-refractivity contribution in [2.45, 2.75) is 0 Å². The first-order valence-electron chi connectivity index (χ1n) is 17.2. The Morgan fingerprint density at radius 1 is 0.260 bits per heavy atom. The highest BCUT2D eigenvalue weighted by molar-refractivity contribution is 6.18. The number of rotatable bonds is 5. The minimum atomic E-state index is 1.16. The molecule has 2 aromatic heterocycles. The summed E-state index contributed by atoms with van der Waals surface area (Å²) in [7, 11) is 0. The molecule has 0 aliphatic carbocycles. The molecule has 8 aromatic carbocycles. The Kier molecular flexibility index (Phi) is 6.53. The Balaban J connectivity index is 1.26. The van der Waals surface area contributed by atoms with Crippen molar-refractivity contribution in [3.63, 3.8) is 0 Å². The van der Waals surface area contributed by atoms with Crippen molar-refractivity contribution >= 4 is 43.6 Å². The van der Waals surface area contributed by atoms with Gasteiger partial charge in [-0.05, 0) is 94.0 Å². The van der Waals surface area contributed by atoms with Crippen LogP contribution >= 0.6 is 0 Å². The first-order valence-corrected chi connectivity index (χ1v) is 17.2. The Hall–Kier alpha value is -6.64. The number of fused-ring (bicyclic) bond motifs is 6. The summed E-state index contributed by atoms with van der Waals surface area (Å²) in [6.45, 7) is 0. The highest BCUT2D eigenvalue weighted by Crippen LogP contribution is 2.43. The molecule has 0 saturated heterocycles. The van der Waals surface area contributed by atoms with Gasteiger partial charge in [-0.3, -0.25) is 0 Å². The van der Waals surface area contributed by atoms with E-state index in [0.29, 0.717) is 0 Å². The van der Waals surface area contributed by atoms with Crippen LogP contribution in [0.3, 0.4) is 0 Å². The third-order valence-electron chi connectivity index (χ3n) is 10.1. The molecule has 0 aliphatic heterocycles. The molecular formula is C48H32N2. The van der Waals surface area contributed by atoms with Crippen molar-refractivity contribution < 1.29 is 0 Å². The van der Waals surface area contributed by atoms with Crippen LogP contribution in [-0.2, 0) is 0 Å². The van der Waals surface area contributed by atoms with E-state index < -0.39 is 0 Å². The standard InChI is InChI=1S/C48H32N2/c1-5-15-33(16-6-1)39-23-13-25-45-47(39)41-31-35(27-29-43(41)49(45)37-19-9-3-10-20-37)36-28-30-44-42(32-36)48-40(34-17-7-2-8-18-34)24-14-26-46(48)50(44)38-21-11-4-12-22-38/h1-32H. The number of hydrogen-bond acceptors (Lipinski definition) is 0. The van der Waals surface area contributed by atoms with Crippen LogP contribution in [0, 0.1) is 0 Å². The van der Waals surface area contributed by atoms with Gasteiger partial charge in [0.05, 0.1) is 22.1 Å². The zero-order chi connectivity index (χ0) is 33.0. The molecule has 0 saturated carbocycles. The Morgan fingerprint density at radius 2 is 0.640 bits per heavy atom. The fraction of sp³-hybridized carbons (Fsp3) is 0. The quantitative estimate of drug-likeness (QED) is 0.178. The fourth-order valence-corrected chi connectivity index (χ4v) is 7.93. The van der Waals surface area contributed by atoms with E-state index in [1.807, 2.05) is 0 Å². The van der Waals surface area contributed by atoms with E-state index in [9.17, 15) is 0 Å². The van der Waals surface area contributed by atoms with Crippen LogP contribution in [0.25, 0.3) is 88.4 Å². The summed E-state index contributed by atoms with van der Waals surface area (Å²) in [5.41, 5.74) is 14.5. The van der Waals surface area contributed by atoms with Gasteiger partial charge in [-0.2, -0.15) is 0 Å². The normalized spacial score (nSPS) is 11.6.